The Morgan fingerprint density at radius 3 is 1.44 bits per heavy atom. The summed E-state index contributed by atoms with van der Waals surface area (Å²) < 4.78 is 0. The number of aliphatic hydroxyl groups excluding tert-OH is 1. The van der Waals surface area contributed by atoms with E-state index in [-0.39, 0.29) is 25.0 Å². The molecule has 216 valence electrons. The predicted molar refractivity (Wildman–Crippen MR) is 151 cm³/mol. The third-order valence-corrected chi connectivity index (χ3v) is 6.36. The van der Waals surface area contributed by atoms with Crippen LogP contribution in [0, 0.1) is 0 Å². The normalized spacial score (nSPS) is 13.7. The lowest BCUT2D eigenvalue weighted by Gasteiger charge is -2.25. The van der Waals surface area contributed by atoms with Gasteiger partial charge in [0.05, 0.1) is 6.61 Å². The molecular weight excluding hydrogens is 528 g/mol. The number of carbonyl (C=O) groups excluding carboxylic acids is 3. The molecule has 0 aliphatic carbocycles. The lowest BCUT2D eigenvalue weighted by atomic mass is 10.0. The quantitative estimate of drug-likeness (QED) is 0.146. The number of benzene rings is 3. The minimum absolute atomic E-state index is 0.0207. The van der Waals surface area contributed by atoms with Gasteiger partial charge in [0.25, 0.3) is 0 Å². The first-order valence-corrected chi connectivity index (χ1v) is 13.0. The van der Waals surface area contributed by atoms with Gasteiger partial charge in [0.1, 0.15) is 29.9 Å². The molecule has 3 amide bonds. The topological polar surface area (TPSA) is 191 Å². The Morgan fingerprint density at radius 2 is 1.00 bits per heavy atom. The molecule has 0 aliphatic rings. The number of amides is 3. The minimum Gasteiger partial charge on any atom is -0.508 e. The third kappa shape index (κ3) is 9.75. The van der Waals surface area contributed by atoms with E-state index in [1.165, 1.54) is 12.1 Å². The van der Waals surface area contributed by atoms with E-state index in [1.54, 1.807) is 72.8 Å². The van der Waals surface area contributed by atoms with Crippen LogP contribution in [-0.2, 0) is 38.4 Å². The minimum atomic E-state index is -1.32. The number of aliphatic carboxylic acids is 1. The highest BCUT2D eigenvalue weighted by Crippen LogP contribution is 2.12. The maximum atomic E-state index is 13.5. The summed E-state index contributed by atoms with van der Waals surface area (Å²) in [6.45, 7) is -0.623. The Kier molecular flexibility index (Phi) is 11.4. The summed E-state index contributed by atoms with van der Waals surface area (Å²) in [7, 11) is 0. The molecule has 3 rings (SSSR count). The second kappa shape index (κ2) is 15.2. The smallest absolute Gasteiger partial charge is 0.326 e. The molecule has 0 saturated heterocycles. The summed E-state index contributed by atoms with van der Waals surface area (Å²) in [5.74, 6) is -3.41. The average Bonchev–Trinajstić information content (AvgIpc) is 2.97. The van der Waals surface area contributed by atoms with E-state index in [2.05, 4.69) is 16.0 Å². The van der Waals surface area contributed by atoms with E-state index in [0.717, 1.165) is 5.56 Å². The number of aliphatic hydroxyl groups is 1. The molecule has 41 heavy (non-hydrogen) atoms. The summed E-state index contributed by atoms with van der Waals surface area (Å²) in [5.41, 5.74) is 7.65. The molecule has 0 spiro atoms. The first kappa shape index (κ1) is 30.8. The maximum Gasteiger partial charge on any atom is 0.326 e. The fraction of sp³-hybridized carbons (Fsp3) is 0.267. The van der Waals surface area contributed by atoms with Gasteiger partial charge >= 0.3 is 5.97 Å². The molecule has 0 heterocycles. The van der Waals surface area contributed by atoms with Crippen LogP contribution in [0.2, 0.25) is 0 Å². The Morgan fingerprint density at radius 1 is 0.610 bits per heavy atom. The van der Waals surface area contributed by atoms with Crippen LogP contribution in [0.3, 0.4) is 0 Å². The highest BCUT2D eigenvalue weighted by atomic mass is 16.4. The summed E-state index contributed by atoms with van der Waals surface area (Å²) in [6, 6.07) is 18.8. The zero-order chi connectivity index (χ0) is 29.8. The van der Waals surface area contributed by atoms with Gasteiger partial charge in [0.2, 0.25) is 17.7 Å². The number of aromatic hydroxyl groups is 1. The van der Waals surface area contributed by atoms with E-state index < -0.39 is 54.5 Å². The molecule has 0 radical (unpaired) electrons. The summed E-state index contributed by atoms with van der Waals surface area (Å²) in [6.07, 6.45) is 0.0695. The molecule has 11 heteroatoms. The highest BCUT2D eigenvalue weighted by molar-refractivity contribution is 5.94. The van der Waals surface area contributed by atoms with E-state index >= 15 is 0 Å². The van der Waals surface area contributed by atoms with Crippen molar-refractivity contribution >= 4 is 23.7 Å². The highest BCUT2D eigenvalue weighted by Gasteiger charge is 2.30. The van der Waals surface area contributed by atoms with Crippen molar-refractivity contribution in [2.24, 2.45) is 5.73 Å². The summed E-state index contributed by atoms with van der Waals surface area (Å²) in [4.78, 5) is 51.4. The van der Waals surface area contributed by atoms with E-state index in [4.69, 9.17) is 5.73 Å². The molecule has 3 aromatic rings. The average molecular weight is 563 g/mol. The van der Waals surface area contributed by atoms with Gasteiger partial charge < -0.3 is 37.0 Å². The van der Waals surface area contributed by atoms with Crippen LogP contribution in [0.25, 0.3) is 0 Å². The summed E-state index contributed by atoms with van der Waals surface area (Å²) in [5, 5.41) is 36.3. The Hall–Kier alpha value is -4.74. The molecule has 0 aromatic heterocycles. The van der Waals surface area contributed by atoms with Crippen molar-refractivity contribution < 1.29 is 34.5 Å². The number of nitrogens with one attached hydrogen (secondary N) is 3. The lowest BCUT2D eigenvalue weighted by Crippen LogP contribution is -2.58. The second-order valence-electron chi connectivity index (χ2n) is 9.56. The number of carboxylic acid groups (broad SMARTS) is 1. The fourth-order valence-corrected chi connectivity index (χ4v) is 4.09. The SMILES string of the molecule is NC(CO)C(=O)NC(Cc1ccccc1)C(=O)NC(Cc1ccccc1)C(=O)NC(Cc1ccc(O)cc1)C(=O)O. The Bertz CT molecular complexity index is 1300. The fourth-order valence-electron chi connectivity index (χ4n) is 4.09. The molecule has 0 aliphatic heterocycles. The Balaban J connectivity index is 1.83. The lowest BCUT2D eigenvalue weighted by molar-refractivity contribution is -0.142. The van der Waals surface area contributed by atoms with Gasteiger partial charge in [0, 0.05) is 19.3 Å². The molecule has 3 aromatic carbocycles. The van der Waals surface area contributed by atoms with Crippen LogP contribution in [0.4, 0.5) is 0 Å². The number of hydrogen-bond donors (Lipinski definition) is 7. The summed E-state index contributed by atoms with van der Waals surface area (Å²) >= 11 is 0. The van der Waals surface area contributed by atoms with Crippen molar-refractivity contribution in [3.63, 3.8) is 0 Å². The van der Waals surface area contributed by atoms with Crippen molar-refractivity contribution in [2.45, 2.75) is 43.4 Å². The monoisotopic (exact) mass is 562 g/mol. The number of phenols is 1. The zero-order valence-corrected chi connectivity index (χ0v) is 22.3. The van der Waals surface area contributed by atoms with Gasteiger partial charge in [-0.25, -0.2) is 4.79 Å². The number of rotatable bonds is 14. The molecule has 8 N–H and O–H groups in total. The van der Waals surface area contributed by atoms with Crippen molar-refractivity contribution in [1.82, 2.24) is 16.0 Å². The van der Waals surface area contributed by atoms with Crippen molar-refractivity contribution in [3.8, 4) is 5.75 Å². The van der Waals surface area contributed by atoms with Gasteiger partial charge in [-0.2, -0.15) is 0 Å². The predicted octanol–water partition coefficient (Wildman–Crippen LogP) is 0.279. The zero-order valence-electron chi connectivity index (χ0n) is 22.3. The van der Waals surface area contributed by atoms with Crippen molar-refractivity contribution in [1.29, 1.82) is 0 Å². The first-order valence-electron chi connectivity index (χ1n) is 13.0. The standard InChI is InChI=1S/C30H34N4O7/c31-23(18-35)27(37)32-24(15-19-7-3-1-4-8-19)28(38)33-25(16-20-9-5-2-6-10-20)29(39)34-26(30(40)41)17-21-11-13-22(36)14-12-21/h1-14,23-26,35-36H,15-18,31H2,(H,32,37)(H,33,38)(H,34,39)(H,40,41). The number of carbonyl (C=O) groups is 4. The largest absolute Gasteiger partial charge is 0.508 e. The molecule has 4 atom stereocenters. The molecule has 0 bridgehead atoms. The van der Waals surface area contributed by atoms with E-state index in [0.29, 0.717) is 11.1 Å². The van der Waals surface area contributed by atoms with Crippen LogP contribution < -0.4 is 21.7 Å². The van der Waals surface area contributed by atoms with Gasteiger partial charge in [-0.1, -0.05) is 72.8 Å². The van der Waals surface area contributed by atoms with E-state index in [9.17, 15) is 34.5 Å². The second-order valence-corrected chi connectivity index (χ2v) is 9.56. The van der Waals surface area contributed by atoms with Crippen molar-refractivity contribution in [3.05, 3.63) is 102 Å². The van der Waals surface area contributed by atoms with Gasteiger partial charge in [-0.05, 0) is 28.8 Å². The Labute approximate surface area is 237 Å². The first-order chi connectivity index (χ1) is 19.7. The molecular formula is C30H34N4O7. The molecule has 4 unspecified atom stereocenters. The molecule has 0 saturated carbocycles. The van der Waals surface area contributed by atoms with Gasteiger partial charge in [-0.15, -0.1) is 0 Å². The van der Waals surface area contributed by atoms with Gasteiger partial charge in [0.15, 0.2) is 0 Å². The molecule has 11 nitrogen and oxygen atoms in total. The number of carboxylic acids is 1. The van der Waals surface area contributed by atoms with Crippen LogP contribution in [-0.4, -0.2) is 69.8 Å². The number of hydrogen-bond acceptors (Lipinski definition) is 7. The number of phenolic OH excluding ortho intramolecular Hbond substituents is 1. The van der Waals surface area contributed by atoms with E-state index in [1.807, 2.05) is 0 Å². The molecule has 0 fully saturated rings. The third-order valence-electron chi connectivity index (χ3n) is 6.36. The van der Waals surface area contributed by atoms with Gasteiger partial charge in [-0.3, -0.25) is 14.4 Å². The van der Waals surface area contributed by atoms with Crippen LogP contribution in [0.15, 0.2) is 84.9 Å². The van der Waals surface area contributed by atoms with Crippen molar-refractivity contribution in [2.75, 3.05) is 6.61 Å². The van der Waals surface area contributed by atoms with Crippen LogP contribution in [0.1, 0.15) is 16.7 Å². The van der Waals surface area contributed by atoms with Crippen LogP contribution in [0.5, 0.6) is 5.75 Å². The number of nitrogens with two attached hydrogens (primary N) is 1. The maximum absolute atomic E-state index is 13.5. The van der Waals surface area contributed by atoms with Crippen LogP contribution >= 0.6 is 0 Å².